The number of nitrogens with one attached hydrogen (secondary N) is 1. The molecule has 2 aliphatic heterocycles. The van der Waals surface area contributed by atoms with Gasteiger partial charge in [-0.25, -0.2) is 0 Å². The summed E-state index contributed by atoms with van der Waals surface area (Å²) in [7, 11) is 2.13. The van der Waals surface area contributed by atoms with Gasteiger partial charge in [0.15, 0.2) is 0 Å². The fraction of sp³-hybridized carbons (Fsp3) is 0.405. The first kappa shape index (κ1) is 32.6. The van der Waals surface area contributed by atoms with Gasteiger partial charge in [-0.3, -0.25) is 14.9 Å². The first-order valence-electron chi connectivity index (χ1n) is 16.1. The van der Waals surface area contributed by atoms with Gasteiger partial charge in [0.1, 0.15) is 24.7 Å². The fourth-order valence-corrected chi connectivity index (χ4v) is 5.35. The van der Waals surface area contributed by atoms with Gasteiger partial charge in [0.2, 0.25) is 0 Å². The number of aliphatic hydroxyl groups is 2. The van der Waals surface area contributed by atoms with E-state index in [1.54, 1.807) is 12.4 Å². The fourth-order valence-electron chi connectivity index (χ4n) is 5.35. The Balaban J connectivity index is 0.000000178. The number of likely N-dealkylation sites (tertiary alicyclic amines) is 1. The summed E-state index contributed by atoms with van der Waals surface area (Å²) >= 11 is 0. The molecular formula is C37H46N4O4. The second kappa shape index (κ2) is 17.0. The molecule has 2 aromatic heterocycles. The molecule has 2 atom stereocenters. The number of aliphatic hydroxyl groups excluding tert-OH is 2. The van der Waals surface area contributed by atoms with Gasteiger partial charge >= 0.3 is 0 Å². The SMILES string of the molecule is CN1CC[C@H]1COc1cncc(-c2cccc(CCCO)c2)c1.OCCCc1cccc(-c2cncc(OC[C@@H]3CCN3)c2)c1. The van der Waals surface area contributed by atoms with Crippen LogP contribution in [-0.4, -0.2) is 83.7 Å². The predicted molar refractivity (Wildman–Crippen MR) is 179 cm³/mol. The normalized spacial score (nSPS) is 17.4. The number of likely N-dealkylation sites (N-methyl/N-ethyl adjacent to an activating group) is 1. The topological polar surface area (TPSA) is 100.0 Å². The molecule has 2 fully saturated rings. The second-order valence-electron chi connectivity index (χ2n) is 11.9. The number of aryl methyl sites for hydroxylation is 2. The monoisotopic (exact) mass is 610 g/mol. The summed E-state index contributed by atoms with van der Waals surface area (Å²) in [5.74, 6) is 1.63. The van der Waals surface area contributed by atoms with Crippen LogP contribution in [0.2, 0.25) is 0 Å². The van der Waals surface area contributed by atoms with Crippen molar-refractivity contribution in [1.82, 2.24) is 20.2 Å². The Kier molecular flexibility index (Phi) is 12.3. The molecule has 0 unspecified atom stereocenters. The Morgan fingerprint density at radius 3 is 1.73 bits per heavy atom. The van der Waals surface area contributed by atoms with Crippen LogP contribution in [0.1, 0.15) is 36.8 Å². The van der Waals surface area contributed by atoms with Gasteiger partial charge in [0.05, 0.1) is 12.4 Å². The number of ether oxygens (including phenoxy) is 2. The van der Waals surface area contributed by atoms with Gasteiger partial charge in [-0.2, -0.15) is 0 Å². The van der Waals surface area contributed by atoms with E-state index in [1.807, 2.05) is 24.5 Å². The van der Waals surface area contributed by atoms with E-state index < -0.39 is 0 Å². The number of hydrogen-bond acceptors (Lipinski definition) is 8. The lowest BCUT2D eigenvalue weighted by molar-refractivity contribution is 0.0768. The molecule has 8 nitrogen and oxygen atoms in total. The van der Waals surface area contributed by atoms with Crippen LogP contribution in [-0.2, 0) is 12.8 Å². The molecule has 238 valence electrons. The average molecular weight is 611 g/mol. The maximum absolute atomic E-state index is 8.97. The third-order valence-corrected chi connectivity index (χ3v) is 8.45. The molecule has 2 aliphatic rings. The summed E-state index contributed by atoms with van der Waals surface area (Å²) in [6, 6.07) is 21.9. The molecule has 8 heteroatoms. The van der Waals surface area contributed by atoms with E-state index in [9.17, 15) is 0 Å². The van der Waals surface area contributed by atoms with Crippen LogP contribution >= 0.6 is 0 Å². The minimum absolute atomic E-state index is 0.226. The Hall–Kier alpha value is -3.82. The first-order chi connectivity index (χ1) is 22.1. The highest BCUT2D eigenvalue weighted by molar-refractivity contribution is 5.65. The smallest absolute Gasteiger partial charge is 0.138 e. The lowest BCUT2D eigenvalue weighted by atomic mass is 10.0. The zero-order valence-corrected chi connectivity index (χ0v) is 26.3. The minimum Gasteiger partial charge on any atom is -0.490 e. The molecule has 3 N–H and O–H groups in total. The van der Waals surface area contributed by atoms with Gasteiger partial charge in [0, 0.05) is 48.8 Å². The standard InChI is InChI=1S/C19H24N2O2.C18H22N2O2/c1-21-8-7-18(21)14-23-19-11-17(12-20-13-19)16-6-2-4-15(10-16)5-3-9-22;21-8-2-4-14-3-1-5-15(9-14)16-10-18(12-19-11-16)22-13-17-6-7-20-17/h2,4,6,10-13,18,22H,3,5,7-9,14H2,1H3;1,3,5,9-12,17,20-21H,2,4,6-8,13H2/t18-;17-/m00/s1. The summed E-state index contributed by atoms with van der Waals surface area (Å²) in [6.07, 6.45) is 13.0. The lowest BCUT2D eigenvalue weighted by Crippen LogP contribution is -2.48. The molecule has 0 radical (unpaired) electrons. The number of hydrogen-bond donors (Lipinski definition) is 3. The molecule has 0 saturated carbocycles. The van der Waals surface area contributed by atoms with E-state index in [1.165, 1.54) is 24.0 Å². The number of nitrogens with zero attached hydrogens (tertiary/aromatic N) is 3. The van der Waals surface area contributed by atoms with Crippen molar-refractivity contribution < 1.29 is 19.7 Å². The predicted octanol–water partition coefficient (Wildman–Crippen LogP) is 5.17. The van der Waals surface area contributed by atoms with Crippen molar-refractivity contribution in [2.75, 3.05) is 46.6 Å². The quantitative estimate of drug-likeness (QED) is 0.180. The van der Waals surface area contributed by atoms with E-state index in [2.05, 4.69) is 75.8 Å². The van der Waals surface area contributed by atoms with Crippen LogP contribution in [0.25, 0.3) is 22.3 Å². The molecule has 4 heterocycles. The molecule has 0 aliphatic carbocycles. The van der Waals surface area contributed by atoms with Crippen LogP contribution in [0.15, 0.2) is 85.5 Å². The van der Waals surface area contributed by atoms with Crippen molar-refractivity contribution in [2.24, 2.45) is 0 Å². The summed E-state index contributed by atoms with van der Waals surface area (Å²) < 4.78 is 11.7. The first-order valence-corrected chi connectivity index (χ1v) is 16.1. The van der Waals surface area contributed by atoms with Crippen LogP contribution in [0.3, 0.4) is 0 Å². The minimum atomic E-state index is 0.226. The van der Waals surface area contributed by atoms with E-state index in [-0.39, 0.29) is 13.2 Å². The molecule has 2 saturated heterocycles. The number of pyridine rings is 2. The average Bonchev–Trinajstić information content (AvgIpc) is 3.06. The number of benzene rings is 2. The van der Waals surface area contributed by atoms with Crippen molar-refractivity contribution in [1.29, 1.82) is 0 Å². The van der Waals surface area contributed by atoms with Crippen molar-refractivity contribution in [3.8, 4) is 33.8 Å². The zero-order chi connectivity index (χ0) is 31.3. The summed E-state index contributed by atoms with van der Waals surface area (Å²) in [6.45, 7) is 4.12. The van der Waals surface area contributed by atoms with Gasteiger partial charge in [-0.1, -0.05) is 48.5 Å². The van der Waals surface area contributed by atoms with E-state index >= 15 is 0 Å². The van der Waals surface area contributed by atoms with E-state index in [4.69, 9.17) is 19.7 Å². The molecule has 0 bridgehead atoms. The molecule has 2 aromatic carbocycles. The summed E-state index contributed by atoms with van der Waals surface area (Å²) in [5, 5.41) is 21.2. The van der Waals surface area contributed by atoms with E-state index in [0.717, 1.165) is 79.1 Å². The Labute approximate surface area is 267 Å². The largest absolute Gasteiger partial charge is 0.490 e. The Morgan fingerprint density at radius 1 is 0.733 bits per heavy atom. The van der Waals surface area contributed by atoms with Gasteiger partial charge in [-0.05, 0) is 93.0 Å². The van der Waals surface area contributed by atoms with Crippen molar-refractivity contribution in [2.45, 2.75) is 50.6 Å². The molecule has 0 amide bonds. The number of aromatic nitrogens is 2. The summed E-state index contributed by atoms with van der Waals surface area (Å²) in [5.41, 5.74) is 6.87. The van der Waals surface area contributed by atoms with Crippen LogP contribution < -0.4 is 14.8 Å². The highest BCUT2D eigenvalue weighted by Crippen LogP contribution is 2.26. The molecule has 4 aromatic rings. The third-order valence-electron chi connectivity index (χ3n) is 8.45. The van der Waals surface area contributed by atoms with Crippen molar-refractivity contribution in [3.05, 3.63) is 96.6 Å². The zero-order valence-electron chi connectivity index (χ0n) is 26.3. The highest BCUT2D eigenvalue weighted by Gasteiger charge is 2.24. The van der Waals surface area contributed by atoms with Crippen LogP contribution in [0.5, 0.6) is 11.5 Å². The molecular weight excluding hydrogens is 564 g/mol. The number of rotatable bonds is 14. The lowest BCUT2D eigenvalue weighted by Gasteiger charge is -2.37. The maximum Gasteiger partial charge on any atom is 0.138 e. The van der Waals surface area contributed by atoms with Gasteiger partial charge < -0.3 is 25.0 Å². The third kappa shape index (κ3) is 9.83. The summed E-state index contributed by atoms with van der Waals surface area (Å²) in [4.78, 5) is 10.9. The van der Waals surface area contributed by atoms with Crippen LogP contribution in [0, 0.1) is 0 Å². The van der Waals surface area contributed by atoms with Gasteiger partial charge in [-0.15, -0.1) is 0 Å². The van der Waals surface area contributed by atoms with Crippen molar-refractivity contribution in [3.63, 3.8) is 0 Å². The maximum atomic E-state index is 8.97. The highest BCUT2D eigenvalue weighted by atomic mass is 16.5. The Bertz CT molecular complexity index is 1480. The van der Waals surface area contributed by atoms with E-state index in [0.29, 0.717) is 18.7 Å². The molecule has 45 heavy (non-hydrogen) atoms. The van der Waals surface area contributed by atoms with Crippen molar-refractivity contribution >= 4 is 0 Å². The van der Waals surface area contributed by atoms with Gasteiger partial charge in [0.25, 0.3) is 0 Å². The van der Waals surface area contributed by atoms with Crippen LogP contribution in [0.4, 0.5) is 0 Å². The Morgan fingerprint density at radius 2 is 1.29 bits per heavy atom. The molecule has 6 rings (SSSR count). The second-order valence-corrected chi connectivity index (χ2v) is 11.9. The molecule has 0 spiro atoms.